The first-order chi connectivity index (χ1) is 9.58. The molecule has 110 valence electrons. The van der Waals surface area contributed by atoms with Crippen LogP contribution in [0.1, 0.15) is 18.9 Å². The van der Waals surface area contributed by atoms with E-state index in [0.717, 1.165) is 25.9 Å². The molecule has 0 saturated carbocycles. The van der Waals surface area contributed by atoms with E-state index in [0.29, 0.717) is 11.8 Å². The van der Waals surface area contributed by atoms with E-state index in [1.54, 1.807) is 12.1 Å². The fourth-order valence-electron chi connectivity index (χ4n) is 2.63. The molecule has 0 aromatic heterocycles. The van der Waals surface area contributed by atoms with Crippen LogP contribution >= 0.6 is 0 Å². The highest BCUT2D eigenvalue weighted by Gasteiger charge is 2.27. The van der Waals surface area contributed by atoms with Crippen molar-refractivity contribution >= 4 is 6.09 Å². The van der Waals surface area contributed by atoms with Crippen LogP contribution in [0.25, 0.3) is 0 Å². The summed E-state index contributed by atoms with van der Waals surface area (Å²) in [7, 11) is 1.38. The van der Waals surface area contributed by atoms with Crippen molar-refractivity contribution in [1.29, 1.82) is 0 Å². The van der Waals surface area contributed by atoms with E-state index >= 15 is 0 Å². The maximum atomic E-state index is 11.2. The van der Waals surface area contributed by atoms with Gasteiger partial charge in [0.15, 0.2) is 0 Å². The molecule has 1 aromatic rings. The van der Waals surface area contributed by atoms with Gasteiger partial charge >= 0.3 is 6.09 Å². The SMILES string of the molecule is COC(=O)NC1CCN(C(C)Cc2ccc(O)cc2)C1. The van der Waals surface area contributed by atoms with Gasteiger partial charge in [-0.1, -0.05) is 12.1 Å². The number of likely N-dealkylation sites (tertiary alicyclic amines) is 1. The van der Waals surface area contributed by atoms with Crippen LogP contribution < -0.4 is 5.32 Å². The minimum Gasteiger partial charge on any atom is -0.508 e. The Morgan fingerprint density at radius 1 is 1.50 bits per heavy atom. The van der Waals surface area contributed by atoms with Gasteiger partial charge in [0.1, 0.15) is 5.75 Å². The third-order valence-corrected chi connectivity index (χ3v) is 3.82. The van der Waals surface area contributed by atoms with Gasteiger partial charge in [0.05, 0.1) is 7.11 Å². The van der Waals surface area contributed by atoms with Crippen molar-refractivity contribution in [3.05, 3.63) is 29.8 Å². The summed E-state index contributed by atoms with van der Waals surface area (Å²) < 4.78 is 4.62. The zero-order valence-corrected chi connectivity index (χ0v) is 12.0. The Morgan fingerprint density at radius 3 is 2.85 bits per heavy atom. The number of hydrogen-bond donors (Lipinski definition) is 2. The van der Waals surface area contributed by atoms with E-state index < -0.39 is 0 Å². The van der Waals surface area contributed by atoms with Crippen LogP contribution in [0.2, 0.25) is 0 Å². The Bertz CT molecular complexity index is 447. The Labute approximate surface area is 119 Å². The highest BCUT2D eigenvalue weighted by atomic mass is 16.5. The quantitative estimate of drug-likeness (QED) is 0.881. The lowest BCUT2D eigenvalue weighted by Gasteiger charge is -2.24. The number of carbonyl (C=O) groups excluding carboxylic acids is 1. The van der Waals surface area contributed by atoms with Gasteiger partial charge in [-0.2, -0.15) is 0 Å². The van der Waals surface area contributed by atoms with E-state index in [1.165, 1.54) is 12.7 Å². The number of nitrogens with zero attached hydrogens (tertiary/aromatic N) is 1. The van der Waals surface area contributed by atoms with Crippen LogP contribution in [0.5, 0.6) is 5.75 Å². The topological polar surface area (TPSA) is 61.8 Å². The Hall–Kier alpha value is -1.75. The summed E-state index contributed by atoms with van der Waals surface area (Å²) in [6.45, 7) is 4.02. The zero-order chi connectivity index (χ0) is 14.5. The zero-order valence-electron chi connectivity index (χ0n) is 12.0. The summed E-state index contributed by atoms with van der Waals surface area (Å²) in [6, 6.07) is 7.91. The number of phenolic OH excluding ortho intramolecular Hbond substituents is 1. The van der Waals surface area contributed by atoms with Gasteiger partial charge < -0.3 is 15.2 Å². The van der Waals surface area contributed by atoms with E-state index in [4.69, 9.17) is 0 Å². The van der Waals surface area contributed by atoms with Gasteiger partial charge in [-0.25, -0.2) is 4.79 Å². The maximum Gasteiger partial charge on any atom is 0.407 e. The molecular weight excluding hydrogens is 256 g/mol. The van der Waals surface area contributed by atoms with Crippen LogP contribution in [-0.4, -0.2) is 48.4 Å². The molecule has 1 fully saturated rings. The molecule has 5 nitrogen and oxygen atoms in total. The lowest BCUT2D eigenvalue weighted by Crippen LogP contribution is -2.39. The van der Waals surface area contributed by atoms with Crippen molar-refractivity contribution in [2.24, 2.45) is 0 Å². The molecule has 2 rings (SSSR count). The Morgan fingerprint density at radius 2 is 2.20 bits per heavy atom. The molecule has 1 aliphatic rings. The molecule has 1 heterocycles. The Balaban J connectivity index is 1.83. The molecule has 1 amide bonds. The molecule has 2 N–H and O–H groups in total. The van der Waals surface area contributed by atoms with Crippen molar-refractivity contribution in [2.75, 3.05) is 20.2 Å². The number of benzene rings is 1. The Kier molecular flexibility index (Phi) is 4.84. The maximum absolute atomic E-state index is 11.2. The number of alkyl carbamates (subject to hydrolysis) is 1. The van der Waals surface area contributed by atoms with Crippen molar-refractivity contribution in [2.45, 2.75) is 31.8 Å². The second-order valence-corrected chi connectivity index (χ2v) is 5.34. The molecule has 2 unspecified atom stereocenters. The summed E-state index contributed by atoms with van der Waals surface area (Å²) >= 11 is 0. The predicted molar refractivity (Wildman–Crippen MR) is 76.8 cm³/mol. The van der Waals surface area contributed by atoms with Crippen LogP contribution in [0, 0.1) is 0 Å². The van der Waals surface area contributed by atoms with E-state index in [9.17, 15) is 9.90 Å². The van der Waals surface area contributed by atoms with Crippen LogP contribution in [0.4, 0.5) is 4.79 Å². The smallest absolute Gasteiger partial charge is 0.407 e. The van der Waals surface area contributed by atoms with E-state index in [1.807, 2.05) is 12.1 Å². The average Bonchev–Trinajstić information content (AvgIpc) is 2.89. The van der Waals surface area contributed by atoms with E-state index in [-0.39, 0.29) is 12.1 Å². The normalized spacial score (nSPS) is 20.6. The molecule has 1 aliphatic heterocycles. The molecular formula is C15H22N2O3. The number of rotatable bonds is 4. The molecule has 2 atom stereocenters. The largest absolute Gasteiger partial charge is 0.508 e. The lowest BCUT2D eigenvalue weighted by atomic mass is 10.1. The number of nitrogens with one attached hydrogen (secondary N) is 1. The fraction of sp³-hybridized carbons (Fsp3) is 0.533. The highest BCUT2D eigenvalue weighted by molar-refractivity contribution is 5.67. The molecule has 0 aliphatic carbocycles. The first-order valence-electron chi connectivity index (χ1n) is 6.95. The van der Waals surface area contributed by atoms with Crippen LogP contribution in [-0.2, 0) is 11.2 Å². The first-order valence-corrected chi connectivity index (χ1v) is 6.95. The number of hydrogen-bond acceptors (Lipinski definition) is 4. The summed E-state index contributed by atoms with van der Waals surface area (Å²) in [5.41, 5.74) is 1.21. The van der Waals surface area contributed by atoms with Crippen molar-refractivity contribution in [3.63, 3.8) is 0 Å². The van der Waals surface area contributed by atoms with Gasteiger partial charge in [0.2, 0.25) is 0 Å². The number of phenols is 1. The minimum absolute atomic E-state index is 0.171. The van der Waals surface area contributed by atoms with Crippen molar-refractivity contribution < 1.29 is 14.6 Å². The number of methoxy groups -OCH3 is 1. The average molecular weight is 278 g/mol. The molecule has 1 saturated heterocycles. The number of amides is 1. The van der Waals surface area contributed by atoms with Crippen LogP contribution in [0.15, 0.2) is 24.3 Å². The number of ether oxygens (including phenoxy) is 1. The van der Waals surface area contributed by atoms with Gasteiger partial charge in [0.25, 0.3) is 0 Å². The third-order valence-electron chi connectivity index (χ3n) is 3.82. The molecule has 0 spiro atoms. The van der Waals surface area contributed by atoms with Gasteiger partial charge in [-0.05, 0) is 37.5 Å². The van der Waals surface area contributed by atoms with Crippen molar-refractivity contribution in [1.82, 2.24) is 10.2 Å². The number of aromatic hydroxyl groups is 1. The first kappa shape index (κ1) is 14.7. The summed E-state index contributed by atoms with van der Waals surface area (Å²) in [5.74, 6) is 0.296. The number of carbonyl (C=O) groups is 1. The monoisotopic (exact) mass is 278 g/mol. The van der Waals surface area contributed by atoms with Gasteiger partial charge in [-0.3, -0.25) is 4.90 Å². The molecule has 1 aromatic carbocycles. The molecule has 5 heteroatoms. The summed E-state index contributed by atoms with van der Waals surface area (Å²) in [6.07, 6.45) is 1.53. The predicted octanol–water partition coefficient (Wildman–Crippen LogP) is 1.75. The minimum atomic E-state index is -0.358. The highest BCUT2D eigenvalue weighted by Crippen LogP contribution is 2.17. The third kappa shape index (κ3) is 3.87. The lowest BCUT2D eigenvalue weighted by molar-refractivity contribution is 0.165. The second-order valence-electron chi connectivity index (χ2n) is 5.34. The molecule has 0 radical (unpaired) electrons. The van der Waals surface area contributed by atoms with Gasteiger partial charge in [-0.15, -0.1) is 0 Å². The van der Waals surface area contributed by atoms with Gasteiger partial charge in [0, 0.05) is 25.2 Å². The fourth-order valence-corrected chi connectivity index (χ4v) is 2.63. The van der Waals surface area contributed by atoms with Crippen molar-refractivity contribution in [3.8, 4) is 5.75 Å². The van der Waals surface area contributed by atoms with Crippen LogP contribution in [0.3, 0.4) is 0 Å². The van der Waals surface area contributed by atoms with E-state index in [2.05, 4.69) is 21.9 Å². The molecule has 0 bridgehead atoms. The molecule has 20 heavy (non-hydrogen) atoms. The summed E-state index contributed by atoms with van der Waals surface area (Å²) in [5, 5.41) is 12.1. The second kappa shape index (κ2) is 6.61. The summed E-state index contributed by atoms with van der Waals surface area (Å²) in [4.78, 5) is 13.6. The standard InChI is InChI=1S/C15H22N2O3/c1-11(9-12-3-5-14(18)6-4-12)17-8-7-13(10-17)16-15(19)20-2/h3-6,11,13,18H,7-10H2,1-2H3,(H,16,19).